The van der Waals surface area contributed by atoms with E-state index in [0.29, 0.717) is 42.3 Å². The van der Waals surface area contributed by atoms with Crippen LogP contribution in [-0.2, 0) is 9.59 Å². The molecule has 1 aromatic carbocycles. The molecule has 10 heteroatoms. The second kappa shape index (κ2) is 12.3. The quantitative estimate of drug-likeness (QED) is 0.267. The number of piperidine rings is 1. The predicted molar refractivity (Wildman–Crippen MR) is 155 cm³/mol. The molecule has 4 rings (SSSR count). The first-order chi connectivity index (χ1) is 18.8. The van der Waals surface area contributed by atoms with Crippen LogP contribution in [0.4, 0.5) is 0 Å². The van der Waals surface area contributed by atoms with Gasteiger partial charge < -0.3 is 26.0 Å². The Morgan fingerprint density at radius 1 is 1.15 bits per heavy atom. The summed E-state index contributed by atoms with van der Waals surface area (Å²) in [5, 5.41) is 36.5. The topological polar surface area (TPSA) is 139 Å². The molecule has 3 aliphatic rings. The highest BCUT2D eigenvalue weighted by Gasteiger charge is 2.49. The number of phenolic OH excluding ortho intramolecular Hbond substituents is 1. The molecule has 0 radical (unpaired) electrons. The highest BCUT2D eigenvalue weighted by atomic mass is 32.2. The first-order valence-electron chi connectivity index (χ1n) is 14.5. The Labute approximate surface area is 241 Å². The van der Waals surface area contributed by atoms with Gasteiger partial charge in [0.25, 0.3) is 5.91 Å². The van der Waals surface area contributed by atoms with E-state index in [0.717, 1.165) is 19.3 Å². The molecule has 222 valence electrons. The summed E-state index contributed by atoms with van der Waals surface area (Å²) in [6.07, 6.45) is 5.63. The maximum Gasteiger partial charge on any atom is 0.304 e. The van der Waals surface area contributed by atoms with Crippen molar-refractivity contribution < 1.29 is 29.7 Å². The van der Waals surface area contributed by atoms with Crippen LogP contribution in [0.2, 0.25) is 0 Å². The number of carbonyl (C=O) groups excluding carboxylic acids is 2. The summed E-state index contributed by atoms with van der Waals surface area (Å²) in [7, 11) is 0. The van der Waals surface area contributed by atoms with E-state index < -0.39 is 28.1 Å². The van der Waals surface area contributed by atoms with E-state index in [-0.39, 0.29) is 36.2 Å². The minimum Gasteiger partial charge on any atom is -0.508 e. The number of β-amino-alcohol motifs (C(OH)–C–C–N with tert-alkyl or cyclic N) is 1. The van der Waals surface area contributed by atoms with Crippen molar-refractivity contribution in [2.75, 3.05) is 13.1 Å². The van der Waals surface area contributed by atoms with E-state index in [1.807, 2.05) is 20.8 Å². The third kappa shape index (κ3) is 7.70. The molecule has 1 heterocycles. The summed E-state index contributed by atoms with van der Waals surface area (Å²) in [5.41, 5.74) is 0.348. The lowest BCUT2D eigenvalue weighted by atomic mass is 9.72. The van der Waals surface area contributed by atoms with Crippen LogP contribution in [0.5, 0.6) is 5.75 Å². The van der Waals surface area contributed by atoms with E-state index in [1.54, 1.807) is 19.1 Å². The normalized spacial score (nSPS) is 25.8. The molecule has 0 unspecified atom stereocenters. The van der Waals surface area contributed by atoms with Crippen LogP contribution >= 0.6 is 11.8 Å². The summed E-state index contributed by atoms with van der Waals surface area (Å²) in [6, 6.07) is 4.34. The number of nitrogens with one attached hydrogen (secondary N) is 2. The first kappa shape index (κ1) is 30.7. The number of fused-ring (bicyclic) bond motifs is 1. The van der Waals surface area contributed by atoms with Crippen molar-refractivity contribution in [1.29, 1.82) is 0 Å². The largest absolute Gasteiger partial charge is 0.508 e. The number of aliphatic hydroxyl groups is 1. The molecular formula is C30H45N3O6S. The number of carbonyl (C=O) groups is 3. The van der Waals surface area contributed by atoms with Crippen molar-refractivity contribution in [2.24, 2.45) is 11.8 Å². The number of nitrogens with zero attached hydrogens (tertiary/aromatic N) is 1. The number of carboxylic acid groups (broad SMARTS) is 1. The number of phenols is 1. The van der Waals surface area contributed by atoms with Crippen molar-refractivity contribution in [3.8, 4) is 5.75 Å². The number of hydrogen-bond acceptors (Lipinski definition) is 7. The Bertz CT molecular complexity index is 1100. The smallest absolute Gasteiger partial charge is 0.304 e. The highest BCUT2D eigenvalue weighted by Crippen LogP contribution is 2.53. The molecule has 1 aliphatic heterocycles. The van der Waals surface area contributed by atoms with Gasteiger partial charge in [0.2, 0.25) is 5.91 Å². The number of rotatable bonds is 10. The fraction of sp³-hybridized carbons (Fsp3) is 0.700. The summed E-state index contributed by atoms with van der Waals surface area (Å²) < 4.78 is -0.544. The molecule has 1 saturated heterocycles. The van der Waals surface area contributed by atoms with E-state index >= 15 is 0 Å². The number of aliphatic carboxylic acids is 1. The van der Waals surface area contributed by atoms with Crippen LogP contribution in [-0.4, -0.2) is 78.9 Å². The zero-order chi connectivity index (χ0) is 29.2. The van der Waals surface area contributed by atoms with Gasteiger partial charge in [-0.3, -0.25) is 19.3 Å². The third-order valence-corrected chi connectivity index (χ3v) is 10.3. The van der Waals surface area contributed by atoms with Crippen LogP contribution in [0.25, 0.3) is 0 Å². The maximum atomic E-state index is 13.4. The van der Waals surface area contributed by atoms with Gasteiger partial charge in [0.15, 0.2) is 0 Å². The van der Waals surface area contributed by atoms with Gasteiger partial charge in [0.05, 0.1) is 18.6 Å². The lowest BCUT2D eigenvalue weighted by Gasteiger charge is -2.47. The molecule has 2 aliphatic carbocycles. The van der Waals surface area contributed by atoms with Gasteiger partial charge in [-0.15, -0.1) is 11.8 Å². The Morgan fingerprint density at radius 3 is 2.45 bits per heavy atom. The Hall–Kier alpha value is -2.30. The lowest BCUT2D eigenvalue weighted by molar-refractivity contribution is -0.137. The van der Waals surface area contributed by atoms with E-state index in [1.165, 1.54) is 30.7 Å². The maximum absolute atomic E-state index is 13.4. The molecule has 3 fully saturated rings. The van der Waals surface area contributed by atoms with Crippen molar-refractivity contribution in [3.05, 3.63) is 29.3 Å². The fourth-order valence-corrected chi connectivity index (χ4v) is 7.76. The van der Waals surface area contributed by atoms with E-state index in [4.69, 9.17) is 0 Å². The minimum absolute atomic E-state index is 0.00463. The Kier molecular flexibility index (Phi) is 9.42. The fourth-order valence-electron chi connectivity index (χ4n) is 6.26. The molecule has 9 nitrogen and oxygen atoms in total. The second-order valence-corrected chi connectivity index (χ2v) is 14.6. The molecule has 40 heavy (non-hydrogen) atoms. The van der Waals surface area contributed by atoms with Gasteiger partial charge in [0.1, 0.15) is 11.1 Å². The van der Waals surface area contributed by atoms with Crippen LogP contribution in [0.3, 0.4) is 0 Å². The van der Waals surface area contributed by atoms with Crippen molar-refractivity contribution in [3.63, 3.8) is 0 Å². The Balaban J connectivity index is 1.56. The third-order valence-electron chi connectivity index (χ3n) is 8.56. The number of likely N-dealkylation sites (tertiary alicyclic amines) is 1. The van der Waals surface area contributed by atoms with Crippen LogP contribution in [0.1, 0.15) is 88.1 Å². The average molecular weight is 576 g/mol. The van der Waals surface area contributed by atoms with Gasteiger partial charge >= 0.3 is 5.97 Å². The highest BCUT2D eigenvalue weighted by molar-refractivity contribution is 8.01. The number of aromatic hydroxyl groups is 1. The molecular weight excluding hydrogens is 530 g/mol. The van der Waals surface area contributed by atoms with Gasteiger partial charge in [0, 0.05) is 34.5 Å². The van der Waals surface area contributed by atoms with Gasteiger partial charge in [-0.05, 0) is 77.3 Å². The summed E-state index contributed by atoms with van der Waals surface area (Å²) in [5.74, 6) is -0.434. The minimum atomic E-state index is -1.04. The van der Waals surface area contributed by atoms with Crippen LogP contribution < -0.4 is 10.6 Å². The molecule has 5 atom stereocenters. The Morgan fingerprint density at radius 2 is 1.82 bits per heavy atom. The zero-order valence-electron chi connectivity index (χ0n) is 24.1. The van der Waals surface area contributed by atoms with Gasteiger partial charge in [-0.2, -0.15) is 0 Å². The van der Waals surface area contributed by atoms with Gasteiger partial charge in [-0.25, -0.2) is 0 Å². The number of benzene rings is 1. The number of hydrogen-bond donors (Lipinski definition) is 5. The van der Waals surface area contributed by atoms with Crippen molar-refractivity contribution in [1.82, 2.24) is 15.5 Å². The van der Waals surface area contributed by atoms with Crippen LogP contribution in [0, 0.1) is 18.8 Å². The van der Waals surface area contributed by atoms with Crippen LogP contribution in [0.15, 0.2) is 18.2 Å². The molecule has 5 N–H and O–H groups in total. The molecule has 0 bridgehead atoms. The van der Waals surface area contributed by atoms with E-state index in [9.17, 15) is 29.7 Å². The number of carboxylic acids is 1. The standard InChI is InChI=1S/C30H45N3O6S/c1-18-21(10-7-11-23(18)34)26(38)31-28(40-30(12-13-30)15-25(36)37)24(35)17-33-16-20-9-6-5-8-19(20)14-22(33)27(39)32-29(2,3)4/h7,10-11,19-20,22,24,28,34-35H,5-6,8-9,12-17H2,1-4H3,(H,31,38)(H,32,39)(H,36,37)/t19-,20+,22-,24+,28-/m0/s1. The molecule has 1 aromatic rings. The first-order valence-corrected chi connectivity index (χ1v) is 15.4. The lowest BCUT2D eigenvalue weighted by Crippen LogP contribution is -2.60. The molecule has 0 spiro atoms. The second-order valence-electron chi connectivity index (χ2n) is 13.0. The number of thioether (sulfide) groups is 1. The molecule has 2 amide bonds. The summed E-state index contributed by atoms with van der Waals surface area (Å²) >= 11 is 1.31. The predicted octanol–water partition coefficient (Wildman–Crippen LogP) is 3.65. The van der Waals surface area contributed by atoms with Gasteiger partial charge in [-0.1, -0.05) is 25.3 Å². The summed E-state index contributed by atoms with van der Waals surface area (Å²) in [4.78, 5) is 40.4. The number of aliphatic hydroxyl groups excluding tert-OH is 1. The number of amides is 2. The SMILES string of the molecule is Cc1c(O)cccc1C(=O)N[C@@H](SC1(CC(=O)O)CC1)[C@H](O)CN1C[C@H]2CCCC[C@H]2C[C@H]1C(=O)NC(C)(C)C. The van der Waals surface area contributed by atoms with Crippen molar-refractivity contribution in [2.45, 2.75) is 107 Å². The zero-order valence-corrected chi connectivity index (χ0v) is 24.9. The van der Waals surface area contributed by atoms with E-state index in [2.05, 4.69) is 15.5 Å². The molecule has 0 aromatic heterocycles. The monoisotopic (exact) mass is 575 g/mol. The summed E-state index contributed by atoms with van der Waals surface area (Å²) in [6.45, 7) is 8.42. The average Bonchev–Trinajstić information content (AvgIpc) is 3.61. The molecule has 2 saturated carbocycles. The van der Waals surface area contributed by atoms with Crippen molar-refractivity contribution >= 4 is 29.5 Å².